The number of carbonyl (C=O) groups is 2. The average Bonchev–Trinajstić information content (AvgIpc) is 2.69. The molecule has 2 aromatic carbocycles. The maximum atomic E-state index is 12.6. The summed E-state index contributed by atoms with van der Waals surface area (Å²) in [5.41, 5.74) is 2.95. The van der Waals surface area contributed by atoms with E-state index in [2.05, 4.69) is 0 Å². The van der Waals surface area contributed by atoms with Crippen LogP contribution in [0.15, 0.2) is 54.3 Å². The summed E-state index contributed by atoms with van der Waals surface area (Å²) in [6.07, 6.45) is 0. The van der Waals surface area contributed by atoms with Gasteiger partial charge in [0.05, 0.1) is 11.3 Å². The lowest BCUT2D eigenvalue weighted by Crippen LogP contribution is -2.31. The number of carbonyl (C=O) groups excluding carboxylic acids is 2. The Kier molecular flexibility index (Phi) is 3.29. The minimum Gasteiger partial charge on any atom is -0.502 e. The Morgan fingerprint density at radius 1 is 0.864 bits per heavy atom. The number of hydrogen-bond donors (Lipinski definition) is 1. The second-order valence-corrected chi connectivity index (χ2v) is 5.38. The molecule has 1 heterocycles. The first-order chi connectivity index (χ1) is 10.5. The predicted molar refractivity (Wildman–Crippen MR) is 84.4 cm³/mol. The third kappa shape index (κ3) is 2.19. The van der Waals surface area contributed by atoms with Crippen LogP contribution in [0.25, 0.3) is 5.57 Å². The highest BCUT2D eigenvalue weighted by molar-refractivity contribution is 6.44. The smallest absolute Gasteiger partial charge is 0.301 e. The fourth-order valence-electron chi connectivity index (χ4n) is 2.70. The van der Waals surface area contributed by atoms with E-state index in [1.165, 1.54) is 0 Å². The SMILES string of the molecule is Cc1cc(C)cc(N2C(=O)C(O)=C(c3ccccc3)C2=O)c1. The molecule has 0 spiro atoms. The summed E-state index contributed by atoms with van der Waals surface area (Å²) < 4.78 is 0. The van der Waals surface area contributed by atoms with Gasteiger partial charge in [-0.3, -0.25) is 9.59 Å². The summed E-state index contributed by atoms with van der Waals surface area (Å²) >= 11 is 0. The van der Waals surface area contributed by atoms with Crippen LogP contribution >= 0.6 is 0 Å². The van der Waals surface area contributed by atoms with Crippen LogP contribution in [-0.2, 0) is 9.59 Å². The highest BCUT2D eigenvalue weighted by Crippen LogP contribution is 2.32. The van der Waals surface area contributed by atoms with E-state index < -0.39 is 17.6 Å². The zero-order chi connectivity index (χ0) is 15.9. The van der Waals surface area contributed by atoms with Crippen molar-refractivity contribution in [1.29, 1.82) is 0 Å². The van der Waals surface area contributed by atoms with Crippen LogP contribution in [0.2, 0.25) is 0 Å². The van der Waals surface area contributed by atoms with E-state index in [9.17, 15) is 14.7 Å². The van der Waals surface area contributed by atoms with Crippen LogP contribution in [0.3, 0.4) is 0 Å². The van der Waals surface area contributed by atoms with Crippen molar-refractivity contribution >= 4 is 23.1 Å². The van der Waals surface area contributed by atoms with Gasteiger partial charge in [-0.2, -0.15) is 0 Å². The molecule has 0 bridgehead atoms. The lowest BCUT2D eigenvalue weighted by atomic mass is 10.1. The summed E-state index contributed by atoms with van der Waals surface area (Å²) in [7, 11) is 0. The molecular formula is C18H15NO3. The van der Waals surface area contributed by atoms with Crippen molar-refractivity contribution in [2.24, 2.45) is 0 Å². The monoisotopic (exact) mass is 293 g/mol. The average molecular weight is 293 g/mol. The van der Waals surface area contributed by atoms with Crippen LogP contribution in [-0.4, -0.2) is 16.9 Å². The van der Waals surface area contributed by atoms with Gasteiger partial charge in [-0.25, -0.2) is 4.90 Å². The summed E-state index contributed by atoms with van der Waals surface area (Å²) in [5.74, 6) is -1.69. The molecule has 0 aliphatic carbocycles. The molecule has 0 fully saturated rings. The Morgan fingerprint density at radius 2 is 1.45 bits per heavy atom. The molecule has 3 rings (SSSR count). The van der Waals surface area contributed by atoms with Crippen molar-refractivity contribution in [1.82, 2.24) is 0 Å². The number of aryl methyl sites for hydroxylation is 2. The molecule has 2 aromatic rings. The quantitative estimate of drug-likeness (QED) is 0.865. The van der Waals surface area contributed by atoms with Crippen molar-refractivity contribution in [2.45, 2.75) is 13.8 Å². The number of hydrogen-bond acceptors (Lipinski definition) is 3. The first-order valence-corrected chi connectivity index (χ1v) is 6.95. The highest BCUT2D eigenvalue weighted by Gasteiger charge is 2.40. The second kappa shape index (κ2) is 5.15. The molecule has 4 heteroatoms. The molecule has 0 unspecified atom stereocenters. The summed E-state index contributed by atoms with van der Waals surface area (Å²) in [6, 6.07) is 14.2. The van der Waals surface area contributed by atoms with Gasteiger partial charge < -0.3 is 5.11 Å². The van der Waals surface area contributed by atoms with Crippen molar-refractivity contribution in [3.63, 3.8) is 0 Å². The first-order valence-electron chi connectivity index (χ1n) is 6.95. The lowest BCUT2D eigenvalue weighted by molar-refractivity contribution is -0.121. The van der Waals surface area contributed by atoms with Crippen LogP contribution in [0.5, 0.6) is 0 Å². The number of rotatable bonds is 2. The molecular weight excluding hydrogens is 278 g/mol. The standard InChI is InChI=1S/C18H15NO3/c1-11-8-12(2)10-14(9-11)19-17(21)15(16(20)18(19)22)13-6-4-3-5-7-13/h3-10,20H,1-2H3. The second-order valence-electron chi connectivity index (χ2n) is 5.38. The predicted octanol–water partition coefficient (Wildman–Crippen LogP) is 3.15. The molecule has 0 aromatic heterocycles. The van der Waals surface area contributed by atoms with Crippen molar-refractivity contribution in [3.8, 4) is 0 Å². The Bertz CT molecular complexity index is 786. The molecule has 0 radical (unpaired) electrons. The van der Waals surface area contributed by atoms with E-state index >= 15 is 0 Å². The van der Waals surface area contributed by atoms with Crippen molar-refractivity contribution < 1.29 is 14.7 Å². The Hall–Kier alpha value is -2.88. The molecule has 22 heavy (non-hydrogen) atoms. The van der Waals surface area contributed by atoms with E-state index in [1.54, 1.807) is 36.4 Å². The third-order valence-electron chi connectivity index (χ3n) is 3.59. The number of anilines is 1. The third-order valence-corrected chi connectivity index (χ3v) is 3.59. The van der Waals surface area contributed by atoms with Gasteiger partial charge in [-0.1, -0.05) is 36.4 Å². The number of benzene rings is 2. The number of nitrogens with zero attached hydrogens (tertiary/aromatic N) is 1. The maximum Gasteiger partial charge on any atom is 0.301 e. The largest absolute Gasteiger partial charge is 0.502 e. The minimum absolute atomic E-state index is 0.0461. The summed E-state index contributed by atoms with van der Waals surface area (Å²) in [5, 5.41) is 10.1. The topological polar surface area (TPSA) is 57.6 Å². The Labute approximate surface area is 128 Å². The van der Waals surface area contributed by atoms with E-state index in [0.717, 1.165) is 16.0 Å². The Balaban J connectivity index is 2.08. The first kappa shape index (κ1) is 14.1. The lowest BCUT2D eigenvalue weighted by Gasteiger charge is -2.16. The van der Waals surface area contributed by atoms with Crippen LogP contribution in [0, 0.1) is 13.8 Å². The van der Waals surface area contributed by atoms with Crippen molar-refractivity contribution in [3.05, 3.63) is 71.0 Å². The van der Waals surface area contributed by atoms with E-state index in [0.29, 0.717) is 11.3 Å². The summed E-state index contributed by atoms with van der Waals surface area (Å²) in [4.78, 5) is 26.0. The molecule has 1 aliphatic heterocycles. The van der Waals surface area contributed by atoms with Crippen molar-refractivity contribution in [2.75, 3.05) is 4.90 Å². The number of aliphatic hydroxyl groups excluding tert-OH is 1. The van der Waals surface area contributed by atoms with Gasteiger partial charge >= 0.3 is 5.91 Å². The van der Waals surface area contributed by atoms with E-state index in [-0.39, 0.29) is 5.57 Å². The molecule has 2 amide bonds. The zero-order valence-electron chi connectivity index (χ0n) is 12.3. The van der Waals surface area contributed by atoms with E-state index in [4.69, 9.17) is 0 Å². The minimum atomic E-state index is -0.686. The van der Waals surface area contributed by atoms with Crippen LogP contribution in [0.1, 0.15) is 16.7 Å². The summed E-state index contributed by atoms with van der Waals surface area (Å²) in [6.45, 7) is 3.79. The van der Waals surface area contributed by atoms with Gasteiger partial charge in [0.2, 0.25) is 0 Å². The molecule has 0 saturated heterocycles. The van der Waals surface area contributed by atoms with E-state index in [1.807, 2.05) is 26.0 Å². The van der Waals surface area contributed by atoms with Crippen LogP contribution in [0.4, 0.5) is 5.69 Å². The molecule has 4 nitrogen and oxygen atoms in total. The highest BCUT2D eigenvalue weighted by atomic mass is 16.3. The maximum absolute atomic E-state index is 12.6. The Morgan fingerprint density at radius 3 is 2.05 bits per heavy atom. The molecule has 1 aliphatic rings. The van der Waals surface area contributed by atoms with Gasteiger partial charge in [-0.15, -0.1) is 0 Å². The molecule has 0 saturated carbocycles. The fourth-order valence-corrected chi connectivity index (χ4v) is 2.70. The van der Waals surface area contributed by atoms with Gasteiger partial charge in [0, 0.05) is 0 Å². The number of aliphatic hydroxyl groups is 1. The zero-order valence-corrected chi connectivity index (χ0v) is 12.3. The number of imide groups is 1. The fraction of sp³-hybridized carbons (Fsp3) is 0.111. The van der Waals surface area contributed by atoms with Gasteiger partial charge in [-0.05, 0) is 42.7 Å². The van der Waals surface area contributed by atoms with Gasteiger partial charge in [0.1, 0.15) is 0 Å². The number of amides is 2. The molecule has 0 atom stereocenters. The normalized spacial score (nSPS) is 14.9. The van der Waals surface area contributed by atoms with Gasteiger partial charge in [0.15, 0.2) is 5.76 Å². The molecule has 1 N–H and O–H groups in total. The van der Waals surface area contributed by atoms with Crippen LogP contribution < -0.4 is 4.90 Å². The van der Waals surface area contributed by atoms with Gasteiger partial charge in [0.25, 0.3) is 5.91 Å². The molecule has 110 valence electrons.